The van der Waals surface area contributed by atoms with Crippen molar-refractivity contribution in [2.24, 2.45) is 0 Å². The van der Waals surface area contributed by atoms with Gasteiger partial charge < -0.3 is 10.4 Å². The monoisotopic (exact) mass is 275 g/mol. The minimum Gasteiger partial charge on any atom is -0.391 e. The molecule has 0 saturated heterocycles. The maximum atomic E-state index is 12.4. The Bertz CT molecular complexity index is 450. The largest absolute Gasteiger partial charge is 0.416 e. The van der Waals surface area contributed by atoms with Gasteiger partial charge in [0.25, 0.3) is 5.91 Å². The zero-order valence-electron chi connectivity index (χ0n) is 10.9. The molecule has 1 rings (SSSR count). The van der Waals surface area contributed by atoms with Crippen molar-refractivity contribution >= 4 is 5.91 Å². The number of hydrogen-bond donors (Lipinski definition) is 2. The number of aliphatic hydroxyl groups is 1. The number of carbonyl (C=O) groups excluding carboxylic acids is 1. The van der Waals surface area contributed by atoms with Crippen molar-refractivity contribution in [3.63, 3.8) is 0 Å². The van der Waals surface area contributed by atoms with E-state index < -0.39 is 29.3 Å². The van der Waals surface area contributed by atoms with Crippen LogP contribution >= 0.6 is 0 Å². The molecule has 1 amide bonds. The first-order chi connectivity index (χ1) is 8.54. The first-order valence-corrected chi connectivity index (χ1v) is 5.72. The fourth-order valence-electron chi connectivity index (χ4n) is 1.28. The van der Waals surface area contributed by atoms with Crippen LogP contribution in [0.1, 0.15) is 36.7 Å². The van der Waals surface area contributed by atoms with Gasteiger partial charge in [0, 0.05) is 5.56 Å². The number of aliphatic hydroxyl groups excluding tert-OH is 1. The number of amides is 1. The summed E-state index contributed by atoms with van der Waals surface area (Å²) in [5.74, 6) is -0.528. The topological polar surface area (TPSA) is 49.3 Å². The summed E-state index contributed by atoms with van der Waals surface area (Å²) in [5.41, 5.74) is -1.56. The van der Waals surface area contributed by atoms with Crippen LogP contribution in [-0.4, -0.2) is 22.7 Å². The Morgan fingerprint density at radius 3 is 2.05 bits per heavy atom. The number of carbonyl (C=O) groups is 1. The van der Waals surface area contributed by atoms with E-state index in [9.17, 15) is 23.1 Å². The van der Waals surface area contributed by atoms with Gasteiger partial charge in [0.05, 0.1) is 17.2 Å². The minimum absolute atomic E-state index is 0.113. The van der Waals surface area contributed by atoms with Gasteiger partial charge in [0.2, 0.25) is 0 Å². The lowest BCUT2D eigenvalue weighted by molar-refractivity contribution is -0.137. The zero-order valence-corrected chi connectivity index (χ0v) is 10.9. The molecule has 0 aliphatic carbocycles. The predicted molar refractivity (Wildman–Crippen MR) is 64.7 cm³/mol. The smallest absolute Gasteiger partial charge is 0.391 e. The highest BCUT2D eigenvalue weighted by atomic mass is 19.4. The molecule has 0 aromatic heterocycles. The number of benzene rings is 1. The molecule has 106 valence electrons. The lowest BCUT2D eigenvalue weighted by atomic mass is 9.98. The van der Waals surface area contributed by atoms with Crippen LogP contribution in [0.5, 0.6) is 0 Å². The normalized spacial score (nSPS) is 14.1. The van der Waals surface area contributed by atoms with Gasteiger partial charge in [0.1, 0.15) is 0 Å². The summed E-state index contributed by atoms with van der Waals surface area (Å²) in [5, 5.41) is 12.0. The molecule has 1 unspecified atom stereocenters. The van der Waals surface area contributed by atoms with E-state index in [0.717, 1.165) is 24.3 Å². The maximum absolute atomic E-state index is 12.4. The van der Waals surface area contributed by atoms with Gasteiger partial charge in [-0.15, -0.1) is 0 Å². The molecule has 0 aliphatic heterocycles. The Hall–Kier alpha value is -1.56. The van der Waals surface area contributed by atoms with Crippen LogP contribution in [0.4, 0.5) is 13.2 Å². The molecule has 3 nitrogen and oxygen atoms in total. The standard InChI is InChI=1S/C13H16F3NO2/c1-8(18)12(2,3)17-11(19)9-4-6-10(7-5-9)13(14,15)16/h4-8,18H,1-3H3,(H,17,19). The van der Waals surface area contributed by atoms with Gasteiger partial charge in [-0.2, -0.15) is 13.2 Å². The SMILES string of the molecule is CC(O)C(C)(C)NC(=O)c1ccc(C(F)(F)F)cc1. The van der Waals surface area contributed by atoms with Crippen molar-refractivity contribution < 1.29 is 23.1 Å². The van der Waals surface area contributed by atoms with E-state index in [1.807, 2.05) is 0 Å². The molecule has 0 saturated carbocycles. The first kappa shape index (κ1) is 15.5. The van der Waals surface area contributed by atoms with Crippen LogP contribution in [0.25, 0.3) is 0 Å². The first-order valence-electron chi connectivity index (χ1n) is 5.72. The lowest BCUT2D eigenvalue weighted by Gasteiger charge is -2.29. The second-order valence-electron chi connectivity index (χ2n) is 4.93. The Labute approximate surface area is 109 Å². The molecular weight excluding hydrogens is 259 g/mol. The van der Waals surface area contributed by atoms with Crippen LogP contribution in [0, 0.1) is 0 Å². The number of hydrogen-bond acceptors (Lipinski definition) is 2. The molecule has 0 bridgehead atoms. The van der Waals surface area contributed by atoms with Crippen LogP contribution in [0.3, 0.4) is 0 Å². The quantitative estimate of drug-likeness (QED) is 0.890. The van der Waals surface area contributed by atoms with E-state index in [4.69, 9.17) is 0 Å². The van der Waals surface area contributed by atoms with E-state index in [1.165, 1.54) is 6.92 Å². The van der Waals surface area contributed by atoms with Crippen LogP contribution in [0.2, 0.25) is 0 Å². The van der Waals surface area contributed by atoms with E-state index in [0.29, 0.717) is 0 Å². The van der Waals surface area contributed by atoms with Crippen molar-refractivity contribution in [3.8, 4) is 0 Å². The zero-order chi connectivity index (χ0) is 14.8. The second kappa shape index (κ2) is 5.21. The van der Waals surface area contributed by atoms with Gasteiger partial charge in [-0.05, 0) is 45.0 Å². The highest BCUT2D eigenvalue weighted by Gasteiger charge is 2.31. The second-order valence-corrected chi connectivity index (χ2v) is 4.93. The molecule has 6 heteroatoms. The predicted octanol–water partition coefficient (Wildman–Crippen LogP) is 2.59. The number of nitrogens with one attached hydrogen (secondary N) is 1. The fourth-order valence-corrected chi connectivity index (χ4v) is 1.28. The maximum Gasteiger partial charge on any atom is 0.416 e. The van der Waals surface area contributed by atoms with Gasteiger partial charge in [0.15, 0.2) is 0 Å². The molecular formula is C13H16F3NO2. The summed E-state index contributed by atoms with van der Waals surface area (Å²) in [6.07, 6.45) is -5.21. The highest BCUT2D eigenvalue weighted by molar-refractivity contribution is 5.94. The average Bonchev–Trinajstić information content (AvgIpc) is 2.27. The third-order valence-corrected chi connectivity index (χ3v) is 2.95. The van der Waals surface area contributed by atoms with E-state index in [2.05, 4.69) is 5.32 Å². The van der Waals surface area contributed by atoms with Crippen LogP contribution in [-0.2, 0) is 6.18 Å². The number of rotatable bonds is 3. The summed E-state index contributed by atoms with van der Waals surface area (Å²) in [7, 11) is 0. The number of alkyl halides is 3. The van der Waals surface area contributed by atoms with E-state index >= 15 is 0 Å². The summed E-state index contributed by atoms with van der Waals surface area (Å²) in [4.78, 5) is 11.8. The summed E-state index contributed by atoms with van der Waals surface area (Å²) in [6.45, 7) is 4.77. The molecule has 0 heterocycles. The van der Waals surface area contributed by atoms with Crippen molar-refractivity contribution in [1.29, 1.82) is 0 Å². The Balaban J connectivity index is 2.85. The van der Waals surface area contributed by atoms with E-state index in [-0.39, 0.29) is 5.56 Å². The molecule has 0 spiro atoms. The van der Waals surface area contributed by atoms with Gasteiger partial charge in [-0.25, -0.2) is 0 Å². The molecule has 0 radical (unpaired) electrons. The van der Waals surface area contributed by atoms with E-state index in [1.54, 1.807) is 13.8 Å². The summed E-state index contributed by atoms with van der Waals surface area (Å²) < 4.78 is 37.1. The molecule has 19 heavy (non-hydrogen) atoms. The fraction of sp³-hybridized carbons (Fsp3) is 0.462. The van der Waals surface area contributed by atoms with Gasteiger partial charge in [-0.1, -0.05) is 0 Å². The van der Waals surface area contributed by atoms with Crippen LogP contribution in [0.15, 0.2) is 24.3 Å². The Kier molecular flexibility index (Phi) is 4.25. The lowest BCUT2D eigenvalue weighted by Crippen LogP contribution is -2.50. The van der Waals surface area contributed by atoms with Crippen molar-refractivity contribution in [2.45, 2.75) is 38.6 Å². The molecule has 1 atom stereocenters. The third kappa shape index (κ3) is 3.96. The highest BCUT2D eigenvalue weighted by Crippen LogP contribution is 2.29. The van der Waals surface area contributed by atoms with Gasteiger partial charge >= 0.3 is 6.18 Å². The molecule has 0 fully saturated rings. The Morgan fingerprint density at radius 2 is 1.68 bits per heavy atom. The molecule has 2 N–H and O–H groups in total. The van der Waals surface area contributed by atoms with Crippen LogP contribution < -0.4 is 5.32 Å². The molecule has 0 aliphatic rings. The van der Waals surface area contributed by atoms with Crippen molar-refractivity contribution in [3.05, 3.63) is 35.4 Å². The minimum atomic E-state index is -4.42. The molecule has 1 aromatic rings. The Morgan fingerprint density at radius 1 is 1.21 bits per heavy atom. The van der Waals surface area contributed by atoms with Crippen molar-refractivity contribution in [1.82, 2.24) is 5.32 Å². The molecule has 1 aromatic carbocycles. The number of halogens is 3. The summed E-state index contributed by atoms with van der Waals surface area (Å²) in [6, 6.07) is 3.92. The average molecular weight is 275 g/mol. The third-order valence-electron chi connectivity index (χ3n) is 2.95. The van der Waals surface area contributed by atoms with Crippen molar-refractivity contribution in [2.75, 3.05) is 0 Å². The summed E-state index contributed by atoms with van der Waals surface area (Å²) >= 11 is 0. The van der Waals surface area contributed by atoms with Gasteiger partial charge in [-0.3, -0.25) is 4.79 Å².